The Morgan fingerprint density at radius 2 is 1.91 bits per heavy atom. The van der Waals surface area contributed by atoms with Gasteiger partial charge in [0.15, 0.2) is 11.5 Å². The summed E-state index contributed by atoms with van der Waals surface area (Å²) in [5, 5.41) is 14.2. The minimum atomic E-state index is -0.972. The number of benzene rings is 2. The predicted octanol–water partition coefficient (Wildman–Crippen LogP) is 2.69. The summed E-state index contributed by atoms with van der Waals surface area (Å²) in [6.07, 6.45) is 0.496. The third kappa shape index (κ3) is 1.93. The van der Waals surface area contributed by atoms with Crippen molar-refractivity contribution >= 4 is 5.69 Å². The molecule has 2 atom stereocenters. The van der Waals surface area contributed by atoms with Crippen molar-refractivity contribution < 1.29 is 19.0 Å². The second kappa shape index (κ2) is 4.86. The topological polar surface area (TPSA) is 50.7 Å². The van der Waals surface area contributed by atoms with Gasteiger partial charge in [0.2, 0.25) is 0 Å². The molecule has 1 aliphatic heterocycles. The fourth-order valence-electron chi connectivity index (χ4n) is 3.91. The van der Waals surface area contributed by atoms with Crippen molar-refractivity contribution in [2.24, 2.45) is 0 Å². The largest absolute Gasteiger partial charge is 0.493 e. The molecule has 120 valence electrons. The molecule has 0 bridgehead atoms. The highest BCUT2D eigenvalue weighted by atomic mass is 19.1. The summed E-state index contributed by atoms with van der Waals surface area (Å²) in [5.74, 6) is 0.690. The Morgan fingerprint density at radius 1 is 1.17 bits per heavy atom. The van der Waals surface area contributed by atoms with E-state index in [1.165, 1.54) is 6.07 Å². The van der Waals surface area contributed by atoms with E-state index in [2.05, 4.69) is 5.32 Å². The van der Waals surface area contributed by atoms with Gasteiger partial charge in [-0.05, 0) is 34.9 Å². The van der Waals surface area contributed by atoms with Crippen molar-refractivity contribution in [3.63, 3.8) is 0 Å². The predicted molar refractivity (Wildman–Crippen MR) is 84.9 cm³/mol. The first kappa shape index (κ1) is 14.3. The number of aliphatic hydroxyl groups is 1. The number of hydrogen-bond donors (Lipinski definition) is 2. The zero-order valence-corrected chi connectivity index (χ0v) is 13.0. The number of para-hydroxylation sites is 1. The van der Waals surface area contributed by atoms with Crippen LogP contribution in [0.25, 0.3) is 0 Å². The van der Waals surface area contributed by atoms with Crippen LogP contribution in [0.3, 0.4) is 0 Å². The van der Waals surface area contributed by atoms with Gasteiger partial charge in [0, 0.05) is 18.9 Å². The molecular weight excluding hydrogens is 297 g/mol. The summed E-state index contributed by atoms with van der Waals surface area (Å²) in [4.78, 5) is 0. The summed E-state index contributed by atoms with van der Waals surface area (Å²) in [7, 11) is 3.18. The van der Waals surface area contributed by atoms with Crippen molar-refractivity contribution in [2.45, 2.75) is 17.9 Å². The van der Waals surface area contributed by atoms with E-state index in [-0.39, 0.29) is 11.7 Å². The average Bonchev–Trinajstić information content (AvgIpc) is 2.85. The molecule has 0 saturated carbocycles. The standard InChI is InChI=1S/C18H18FNO3/c1-22-14-6-10-8-18(21)9-20-17-11(4-3-5-13(17)19)16(18)12(10)7-15(14)23-2/h3-7,16,20-21H,8-9H2,1-2H3/t16-,18+/m0/s1. The summed E-state index contributed by atoms with van der Waals surface area (Å²) in [5.41, 5.74) is 2.27. The molecule has 23 heavy (non-hydrogen) atoms. The van der Waals surface area contributed by atoms with E-state index in [0.29, 0.717) is 30.2 Å². The first-order valence-electron chi connectivity index (χ1n) is 7.57. The van der Waals surface area contributed by atoms with Crippen molar-refractivity contribution in [1.82, 2.24) is 0 Å². The molecule has 5 heteroatoms. The van der Waals surface area contributed by atoms with Gasteiger partial charge in [-0.1, -0.05) is 12.1 Å². The number of β-amino-alcohol motifs (C(OH)–C–C–N with tert-alkyl or cyclic N) is 1. The van der Waals surface area contributed by atoms with Gasteiger partial charge in [0.25, 0.3) is 0 Å². The van der Waals surface area contributed by atoms with Crippen LogP contribution in [0.4, 0.5) is 10.1 Å². The lowest BCUT2D eigenvalue weighted by atomic mass is 9.78. The van der Waals surface area contributed by atoms with Crippen molar-refractivity contribution in [3.05, 3.63) is 52.8 Å². The zero-order chi connectivity index (χ0) is 16.2. The average molecular weight is 315 g/mol. The number of anilines is 1. The molecule has 0 amide bonds. The third-order valence-electron chi connectivity index (χ3n) is 4.92. The molecule has 4 rings (SSSR count). The molecule has 2 aromatic rings. The molecule has 0 radical (unpaired) electrons. The highest BCUT2D eigenvalue weighted by Crippen LogP contribution is 2.52. The zero-order valence-electron chi connectivity index (χ0n) is 13.0. The lowest BCUT2D eigenvalue weighted by molar-refractivity contribution is 0.0452. The van der Waals surface area contributed by atoms with Crippen LogP contribution in [0.15, 0.2) is 30.3 Å². The number of ether oxygens (including phenoxy) is 2. The quantitative estimate of drug-likeness (QED) is 0.895. The lowest BCUT2D eigenvalue weighted by Crippen LogP contribution is -2.45. The summed E-state index contributed by atoms with van der Waals surface area (Å²) in [6, 6.07) is 8.78. The minimum Gasteiger partial charge on any atom is -0.493 e. The number of halogens is 1. The van der Waals surface area contributed by atoms with E-state index in [9.17, 15) is 9.50 Å². The Kier molecular flexibility index (Phi) is 3.03. The van der Waals surface area contributed by atoms with Crippen LogP contribution in [0.2, 0.25) is 0 Å². The molecular formula is C18H18FNO3. The second-order valence-corrected chi connectivity index (χ2v) is 6.18. The van der Waals surface area contributed by atoms with Crippen molar-refractivity contribution in [2.75, 3.05) is 26.1 Å². The molecule has 1 heterocycles. The van der Waals surface area contributed by atoms with Gasteiger partial charge in [0.1, 0.15) is 5.82 Å². The Hall–Kier alpha value is -2.27. The molecule has 2 aromatic carbocycles. The van der Waals surface area contributed by atoms with Gasteiger partial charge >= 0.3 is 0 Å². The molecule has 0 fully saturated rings. The first-order chi connectivity index (χ1) is 11.1. The lowest BCUT2D eigenvalue weighted by Gasteiger charge is -2.37. The maximum absolute atomic E-state index is 14.1. The maximum Gasteiger partial charge on any atom is 0.161 e. The van der Waals surface area contributed by atoms with Crippen LogP contribution in [-0.4, -0.2) is 31.5 Å². The summed E-state index contributed by atoms with van der Waals surface area (Å²) in [6.45, 7) is 0.310. The maximum atomic E-state index is 14.1. The minimum absolute atomic E-state index is 0.274. The normalized spacial score (nSPS) is 24.3. The van der Waals surface area contributed by atoms with Gasteiger partial charge in [-0.15, -0.1) is 0 Å². The van der Waals surface area contributed by atoms with Crippen LogP contribution >= 0.6 is 0 Å². The van der Waals surface area contributed by atoms with Gasteiger partial charge in [-0.25, -0.2) is 4.39 Å². The van der Waals surface area contributed by atoms with E-state index in [4.69, 9.17) is 9.47 Å². The molecule has 2 aliphatic rings. The van der Waals surface area contributed by atoms with E-state index in [1.807, 2.05) is 18.2 Å². The highest BCUT2D eigenvalue weighted by molar-refractivity contribution is 5.65. The molecule has 0 aromatic heterocycles. The Labute approximate surface area is 133 Å². The number of fused-ring (bicyclic) bond motifs is 5. The number of hydrogen-bond acceptors (Lipinski definition) is 4. The van der Waals surface area contributed by atoms with Crippen LogP contribution < -0.4 is 14.8 Å². The van der Waals surface area contributed by atoms with E-state index < -0.39 is 5.60 Å². The van der Waals surface area contributed by atoms with Crippen LogP contribution in [0.5, 0.6) is 11.5 Å². The van der Waals surface area contributed by atoms with Gasteiger partial charge < -0.3 is 19.9 Å². The molecule has 4 nitrogen and oxygen atoms in total. The SMILES string of the molecule is COc1cc2c(cc1OC)[C@@H]1c3cccc(F)c3NC[C@]1(O)C2. The first-order valence-corrected chi connectivity index (χ1v) is 7.57. The van der Waals surface area contributed by atoms with Crippen molar-refractivity contribution in [3.8, 4) is 11.5 Å². The highest BCUT2D eigenvalue weighted by Gasteiger charge is 2.49. The fraction of sp³-hybridized carbons (Fsp3) is 0.333. The number of methoxy groups -OCH3 is 2. The number of nitrogens with one attached hydrogen (secondary N) is 1. The summed E-state index contributed by atoms with van der Waals surface area (Å²) < 4.78 is 24.8. The van der Waals surface area contributed by atoms with E-state index >= 15 is 0 Å². The molecule has 0 saturated heterocycles. The molecule has 1 aliphatic carbocycles. The van der Waals surface area contributed by atoms with Gasteiger partial charge in [-0.3, -0.25) is 0 Å². The fourth-order valence-corrected chi connectivity index (χ4v) is 3.91. The molecule has 2 N–H and O–H groups in total. The van der Waals surface area contributed by atoms with Crippen LogP contribution in [0, 0.1) is 5.82 Å². The molecule has 0 unspecified atom stereocenters. The second-order valence-electron chi connectivity index (χ2n) is 6.18. The molecule has 0 spiro atoms. The monoisotopic (exact) mass is 315 g/mol. The Balaban J connectivity index is 1.93. The summed E-state index contributed by atoms with van der Waals surface area (Å²) >= 11 is 0. The Bertz CT molecular complexity index is 792. The van der Waals surface area contributed by atoms with E-state index in [0.717, 1.165) is 16.7 Å². The van der Waals surface area contributed by atoms with Gasteiger partial charge in [0.05, 0.1) is 25.5 Å². The number of rotatable bonds is 2. The van der Waals surface area contributed by atoms with Crippen LogP contribution in [0.1, 0.15) is 22.6 Å². The van der Waals surface area contributed by atoms with Crippen molar-refractivity contribution in [1.29, 1.82) is 0 Å². The van der Waals surface area contributed by atoms with Gasteiger partial charge in [-0.2, -0.15) is 0 Å². The Morgan fingerprint density at radius 3 is 2.65 bits per heavy atom. The smallest absolute Gasteiger partial charge is 0.161 e. The van der Waals surface area contributed by atoms with Crippen LogP contribution in [-0.2, 0) is 6.42 Å². The third-order valence-corrected chi connectivity index (χ3v) is 4.92. The van der Waals surface area contributed by atoms with E-state index in [1.54, 1.807) is 20.3 Å².